The van der Waals surface area contributed by atoms with E-state index in [0.717, 1.165) is 12.1 Å². The number of rotatable bonds is 6. The van der Waals surface area contributed by atoms with Crippen LogP contribution in [0.15, 0.2) is 102 Å². The number of pyridine rings is 2. The van der Waals surface area contributed by atoms with E-state index < -0.39 is 29.5 Å². The van der Waals surface area contributed by atoms with Gasteiger partial charge >= 0.3 is 12.2 Å². The third-order valence-electron chi connectivity index (χ3n) is 6.28. The summed E-state index contributed by atoms with van der Waals surface area (Å²) in [6.45, 7) is 1.86. The first-order valence-corrected chi connectivity index (χ1v) is 12.5. The SMILES string of the molecule is CC1(Nc2ccccn2)C(c2ccc(Cl)cc2)=NN(C(=O)Nc2ccc(C(F)(F)F)cc2)C1Nc1ccccn1. The minimum Gasteiger partial charge on any atom is -0.356 e. The number of benzene rings is 2. The number of urea groups is 1. The van der Waals surface area contributed by atoms with E-state index in [-0.39, 0.29) is 5.69 Å². The number of amides is 2. The lowest BCUT2D eigenvalue weighted by Crippen LogP contribution is -2.59. The van der Waals surface area contributed by atoms with E-state index in [1.54, 1.807) is 67.0 Å². The second-order valence-corrected chi connectivity index (χ2v) is 9.55. The lowest BCUT2D eigenvalue weighted by atomic mass is 9.87. The second kappa shape index (κ2) is 10.9. The molecule has 0 radical (unpaired) electrons. The third kappa shape index (κ3) is 5.69. The maximum atomic E-state index is 13.6. The molecule has 2 unspecified atom stereocenters. The molecule has 3 heterocycles. The number of halogens is 4. The van der Waals surface area contributed by atoms with Crippen molar-refractivity contribution in [3.05, 3.63) is 113 Å². The lowest BCUT2D eigenvalue weighted by Gasteiger charge is -2.37. The molecule has 40 heavy (non-hydrogen) atoms. The smallest absolute Gasteiger partial charge is 0.356 e. The summed E-state index contributed by atoms with van der Waals surface area (Å²) in [4.78, 5) is 22.4. The average molecular weight is 566 g/mol. The molecule has 1 aliphatic rings. The van der Waals surface area contributed by atoms with Crippen molar-refractivity contribution in [1.82, 2.24) is 15.0 Å². The molecule has 0 bridgehead atoms. The largest absolute Gasteiger partial charge is 0.416 e. The van der Waals surface area contributed by atoms with E-state index in [1.807, 2.05) is 13.0 Å². The molecule has 3 N–H and O–H groups in total. The lowest BCUT2D eigenvalue weighted by molar-refractivity contribution is -0.137. The van der Waals surface area contributed by atoms with Gasteiger partial charge in [0.25, 0.3) is 0 Å². The fourth-order valence-electron chi connectivity index (χ4n) is 4.32. The summed E-state index contributed by atoms with van der Waals surface area (Å²) >= 11 is 6.13. The standard InChI is InChI=1S/C28H23ClF3N7O/c1-27(37-23-7-3-5-17-34-23)24(18-8-12-20(29)13-9-18)38-39(25(27)36-22-6-2-4-16-33-22)26(40)35-21-14-10-19(11-15-21)28(30,31)32/h2-17,25H,1H3,(H,33,36)(H,34,37)(H,35,40). The monoisotopic (exact) mass is 565 g/mol. The van der Waals surface area contributed by atoms with Crippen molar-refractivity contribution in [3.63, 3.8) is 0 Å². The van der Waals surface area contributed by atoms with Gasteiger partial charge in [0, 0.05) is 28.7 Å². The number of aromatic nitrogens is 2. The highest BCUT2D eigenvalue weighted by atomic mass is 35.5. The summed E-state index contributed by atoms with van der Waals surface area (Å²) in [5, 5.41) is 15.8. The van der Waals surface area contributed by atoms with E-state index in [2.05, 4.69) is 25.9 Å². The summed E-state index contributed by atoms with van der Waals surface area (Å²) in [7, 11) is 0. The Morgan fingerprint density at radius 2 is 1.52 bits per heavy atom. The number of carbonyl (C=O) groups excluding carboxylic acids is 1. The first-order chi connectivity index (χ1) is 19.1. The maximum absolute atomic E-state index is 13.6. The Labute approximate surface area is 232 Å². The molecule has 2 aromatic carbocycles. The van der Waals surface area contributed by atoms with Crippen LogP contribution in [0.2, 0.25) is 5.02 Å². The van der Waals surface area contributed by atoms with E-state index in [0.29, 0.717) is 27.9 Å². The Hall–Kier alpha value is -4.64. The molecule has 0 saturated heterocycles. The Bertz CT molecular complexity index is 1500. The molecule has 2 amide bonds. The fourth-order valence-corrected chi connectivity index (χ4v) is 4.44. The van der Waals surface area contributed by atoms with Gasteiger partial charge in [-0.15, -0.1) is 0 Å². The van der Waals surface area contributed by atoms with Crippen molar-refractivity contribution >= 4 is 40.7 Å². The first kappa shape index (κ1) is 26.9. The zero-order valence-corrected chi connectivity index (χ0v) is 21.8. The molecule has 1 aliphatic heterocycles. The normalized spacial score (nSPS) is 18.7. The van der Waals surface area contributed by atoms with E-state index in [1.165, 1.54) is 17.1 Å². The van der Waals surface area contributed by atoms with Gasteiger partial charge in [-0.2, -0.15) is 23.3 Å². The number of carbonyl (C=O) groups is 1. The first-order valence-electron chi connectivity index (χ1n) is 12.1. The zero-order valence-electron chi connectivity index (χ0n) is 21.0. The van der Waals surface area contributed by atoms with Crippen LogP contribution in [-0.2, 0) is 6.18 Å². The molecule has 12 heteroatoms. The Morgan fingerprint density at radius 3 is 2.10 bits per heavy atom. The molecule has 0 spiro atoms. The summed E-state index contributed by atoms with van der Waals surface area (Å²) in [6, 6.07) is 21.2. The number of nitrogens with one attached hydrogen (secondary N) is 3. The highest BCUT2D eigenvalue weighted by Crippen LogP contribution is 2.35. The van der Waals surface area contributed by atoms with Crippen LogP contribution in [0.4, 0.5) is 35.3 Å². The van der Waals surface area contributed by atoms with E-state index in [4.69, 9.17) is 16.7 Å². The van der Waals surface area contributed by atoms with Gasteiger partial charge in [0.15, 0.2) is 6.17 Å². The predicted octanol–water partition coefficient (Wildman–Crippen LogP) is 6.71. The number of nitrogens with zero attached hydrogens (tertiary/aromatic N) is 4. The summed E-state index contributed by atoms with van der Waals surface area (Å²) in [5.74, 6) is 1.01. The molecule has 4 aromatic rings. The summed E-state index contributed by atoms with van der Waals surface area (Å²) in [5.41, 5.74) is -0.545. The summed E-state index contributed by atoms with van der Waals surface area (Å²) in [6.07, 6.45) is -2.11. The Balaban J connectivity index is 1.55. The van der Waals surface area contributed by atoms with Crippen LogP contribution in [0.3, 0.4) is 0 Å². The summed E-state index contributed by atoms with van der Waals surface area (Å²) < 4.78 is 39.1. The van der Waals surface area contributed by atoms with Gasteiger partial charge in [-0.05, 0) is 67.6 Å². The number of alkyl halides is 3. The van der Waals surface area contributed by atoms with Gasteiger partial charge in [0.1, 0.15) is 17.2 Å². The number of hydrogen-bond donors (Lipinski definition) is 3. The Kier molecular flexibility index (Phi) is 7.31. The van der Waals surface area contributed by atoms with E-state index in [9.17, 15) is 18.0 Å². The second-order valence-electron chi connectivity index (χ2n) is 9.11. The number of anilines is 3. The van der Waals surface area contributed by atoms with Crippen molar-refractivity contribution in [2.45, 2.75) is 24.8 Å². The highest BCUT2D eigenvalue weighted by molar-refractivity contribution is 6.30. The van der Waals surface area contributed by atoms with Crippen molar-refractivity contribution in [3.8, 4) is 0 Å². The van der Waals surface area contributed by atoms with Gasteiger partial charge in [-0.3, -0.25) is 0 Å². The fraction of sp³-hybridized carbons (Fsp3) is 0.143. The van der Waals surface area contributed by atoms with Crippen molar-refractivity contribution in [2.75, 3.05) is 16.0 Å². The number of hydrogen-bond acceptors (Lipinski definition) is 6. The maximum Gasteiger partial charge on any atom is 0.416 e. The van der Waals surface area contributed by atoms with Crippen molar-refractivity contribution < 1.29 is 18.0 Å². The van der Waals surface area contributed by atoms with E-state index >= 15 is 0 Å². The Morgan fingerprint density at radius 1 is 0.900 bits per heavy atom. The van der Waals surface area contributed by atoms with Crippen LogP contribution in [0.5, 0.6) is 0 Å². The molecule has 2 aromatic heterocycles. The van der Waals surface area contributed by atoms with Crippen LogP contribution < -0.4 is 16.0 Å². The van der Waals surface area contributed by atoms with Gasteiger partial charge < -0.3 is 16.0 Å². The molecule has 204 valence electrons. The molecule has 5 rings (SSSR count). The highest BCUT2D eigenvalue weighted by Gasteiger charge is 2.51. The molecule has 0 saturated carbocycles. The van der Waals surface area contributed by atoms with Gasteiger partial charge in [0.2, 0.25) is 0 Å². The topological polar surface area (TPSA) is 94.5 Å². The zero-order chi connectivity index (χ0) is 28.3. The van der Waals surface area contributed by atoms with Gasteiger partial charge in [-0.25, -0.2) is 14.8 Å². The molecular weight excluding hydrogens is 543 g/mol. The van der Waals surface area contributed by atoms with Crippen LogP contribution in [0.1, 0.15) is 18.1 Å². The van der Waals surface area contributed by atoms with Crippen LogP contribution in [0.25, 0.3) is 0 Å². The third-order valence-corrected chi connectivity index (χ3v) is 6.53. The van der Waals surface area contributed by atoms with Gasteiger partial charge in [0.05, 0.1) is 11.3 Å². The molecule has 0 aliphatic carbocycles. The van der Waals surface area contributed by atoms with Crippen molar-refractivity contribution in [1.29, 1.82) is 0 Å². The molecule has 8 nitrogen and oxygen atoms in total. The predicted molar refractivity (Wildman–Crippen MR) is 148 cm³/mol. The minimum atomic E-state index is -4.49. The minimum absolute atomic E-state index is 0.170. The van der Waals surface area contributed by atoms with Crippen LogP contribution in [0, 0.1) is 0 Å². The molecule has 0 fully saturated rings. The van der Waals surface area contributed by atoms with Crippen molar-refractivity contribution in [2.24, 2.45) is 5.10 Å². The molecule has 2 atom stereocenters. The number of hydrazone groups is 1. The van der Waals surface area contributed by atoms with Crippen LogP contribution in [-0.4, -0.2) is 38.4 Å². The molecular formula is C28H23ClF3N7O. The average Bonchev–Trinajstić information content (AvgIpc) is 3.21. The van der Waals surface area contributed by atoms with Crippen LogP contribution >= 0.6 is 11.6 Å². The quantitative estimate of drug-likeness (QED) is 0.241. The van der Waals surface area contributed by atoms with Gasteiger partial charge in [-0.1, -0.05) is 35.9 Å².